The number of furan rings is 2. The number of hydrogen-bond acceptors (Lipinski definition) is 4. The molecule has 6 heteroatoms. The van der Waals surface area contributed by atoms with E-state index in [9.17, 15) is 0 Å². The van der Waals surface area contributed by atoms with Crippen LogP contribution in [0.15, 0.2) is 69.6 Å². The van der Waals surface area contributed by atoms with Crippen LogP contribution in [0.5, 0.6) is 0 Å². The summed E-state index contributed by atoms with van der Waals surface area (Å²) in [5.41, 5.74) is 21.0. The quantitative estimate of drug-likeness (QED) is 0.174. The third-order valence-electron chi connectivity index (χ3n) is 17.2. The van der Waals surface area contributed by atoms with Crippen molar-refractivity contribution in [1.82, 2.24) is 19.1 Å². The largest absolute Gasteiger partial charge is 0.461 e. The number of fused-ring (bicyclic) bond motifs is 5. The molecule has 6 aliphatic rings. The van der Waals surface area contributed by atoms with E-state index in [0.717, 1.165) is 83.5 Å². The summed E-state index contributed by atoms with van der Waals surface area (Å²) >= 11 is 0. The molecule has 6 nitrogen and oxygen atoms in total. The molecule has 9 aromatic rings. The fourth-order valence-corrected chi connectivity index (χ4v) is 13.4. The molecule has 5 heterocycles. The number of rotatable bonds is 5. The molecular formula is C54H52N4O2. The Bertz CT molecular complexity index is 3250. The van der Waals surface area contributed by atoms with Gasteiger partial charge in [-0.1, -0.05) is 6.07 Å². The zero-order chi connectivity index (χ0) is 41.2. The Morgan fingerprint density at radius 2 is 0.967 bits per heavy atom. The van der Waals surface area contributed by atoms with Crippen molar-refractivity contribution >= 4 is 54.6 Å². The monoisotopic (exact) mass is 788 g/mol. The average Bonchev–Trinajstić information content (AvgIpc) is 3.78. The molecule has 0 spiro atoms. The standard InChI is InChI=1S/C54H52N4O2/c1-27-11-38-20-55-50(56-45(38)12-28(27)2)37-13-39(51-21-53(22-51,23-51)57-33(7)29(3)41-16-43-31(5)35(9)59-48(43)18-46(41)57)15-40(14-37)52-24-54(25-52,26-52)58-34(8)30(4)42-17-44-32(6)36(10)60-49(44)19-47(42)58/h11-20H,21-26H2,1-10H3. The van der Waals surface area contributed by atoms with Crippen molar-refractivity contribution < 1.29 is 8.83 Å². The van der Waals surface area contributed by atoms with Gasteiger partial charge >= 0.3 is 0 Å². The van der Waals surface area contributed by atoms with E-state index in [4.69, 9.17) is 18.8 Å². The van der Waals surface area contributed by atoms with Crippen LogP contribution >= 0.6 is 0 Å². The van der Waals surface area contributed by atoms with Gasteiger partial charge in [-0.25, -0.2) is 9.97 Å². The van der Waals surface area contributed by atoms with Crippen molar-refractivity contribution in [1.29, 1.82) is 0 Å². The second kappa shape index (κ2) is 10.8. The van der Waals surface area contributed by atoms with Gasteiger partial charge in [0.1, 0.15) is 22.7 Å². The molecule has 15 rings (SSSR count). The molecule has 6 aliphatic carbocycles. The highest BCUT2D eigenvalue weighted by molar-refractivity contribution is 6.00. The zero-order valence-corrected chi connectivity index (χ0v) is 36.6. The molecule has 0 saturated heterocycles. The smallest absolute Gasteiger partial charge is 0.159 e. The molecule has 0 aliphatic heterocycles. The van der Waals surface area contributed by atoms with Crippen molar-refractivity contribution in [2.75, 3.05) is 0 Å². The third kappa shape index (κ3) is 4.11. The highest BCUT2D eigenvalue weighted by Gasteiger charge is 2.72. The van der Waals surface area contributed by atoms with E-state index in [-0.39, 0.29) is 21.9 Å². The molecule has 6 fully saturated rings. The van der Waals surface area contributed by atoms with Crippen molar-refractivity contribution in [2.45, 2.75) is 130 Å². The number of aryl methyl sites for hydroxylation is 8. The van der Waals surface area contributed by atoms with E-state index in [1.165, 1.54) is 88.5 Å². The first-order valence-corrected chi connectivity index (χ1v) is 22.1. The number of hydrogen-bond donors (Lipinski definition) is 0. The summed E-state index contributed by atoms with van der Waals surface area (Å²) in [4.78, 5) is 10.3. The van der Waals surface area contributed by atoms with Crippen LogP contribution in [0.25, 0.3) is 66.0 Å². The van der Waals surface area contributed by atoms with Crippen molar-refractivity contribution in [2.24, 2.45) is 0 Å². The topological polar surface area (TPSA) is 61.9 Å². The maximum atomic E-state index is 6.29. The van der Waals surface area contributed by atoms with Crippen LogP contribution in [0.4, 0.5) is 0 Å². The first kappa shape index (κ1) is 35.2. The zero-order valence-electron chi connectivity index (χ0n) is 36.6. The van der Waals surface area contributed by atoms with Crippen LogP contribution in [-0.2, 0) is 21.9 Å². The second-order valence-electron chi connectivity index (χ2n) is 20.4. The minimum Gasteiger partial charge on any atom is -0.461 e. The Morgan fingerprint density at radius 3 is 1.45 bits per heavy atom. The fourth-order valence-electron chi connectivity index (χ4n) is 13.4. The predicted octanol–water partition coefficient (Wildman–Crippen LogP) is 13.4. The lowest BCUT2D eigenvalue weighted by molar-refractivity contribution is -0.126. The third-order valence-corrected chi connectivity index (χ3v) is 17.2. The molecule has 0 unspecified atom stereocenters. The first-order valence-electron chi connectivity index (χ1n) is 22.1. The average molecular weight is 789 g/mol. The number of nitrogens with zero attached hydrogens (tertiary/aromatic N) is 4. The van der Waals surface area contributed by atoms with Crippen molar-refractivity contribution in [3.63, 3.8) is 0 Å². The fraction of sp³-hybridized carbons (Fsp3) is 0.370. The minimum atomic E-state index is 0.133. The molecule has 0 N–H and O–H groups in total. The molecule has 0 radical (unpaired) electrons. The van der Waals surface area contributed by atoms with Crippen molar-refractivity contribution in [3.8, 4) is 11.4 Å². The summed E-state index contributed by atoms with van der Waals surface area (Å²) in [7, 11) is 0. The Balaban J connectivity index is 0.898. The number of benzene rings is 4. The lowest BCUT2D eigenvalue weighted by Gasteiger charge is -2.73. The minimum absolute atomic E-state index is 0.133. The first-order chi connectivity index (χ1) is 28.6. The molecule has 5 aromatic heterocycles. The van der Waals surface area contributed by atoms with Gasteiger partial charge < -0.3 is 18.0 Å². The highest BCUT2D eigenvalue weighted by atomic mass is 16.3. The second-order valence-corrected chi connectivity index (χ2v) is 20.4. The van der Waals surface area contributed by atoms with Crippen LogP contribution in [0.2, 0.25) is 0 Å². The molecule has 0 atom stereocenters. The van der Waals surface area contributed by atoms with Crippen LogP contribution < -0.4 is 0 Å². The van der Waals surface area contributed by atoms with Gasteiger partial charge in [0.25, 0.3) is 0 Å². The predicted molar refractivity (Wildman–Crippen MR) is 243 cm³/mol. The van der Waals surface area contributed by atoms with E-state index >= 15 is 0 Å². The van der Waals surface area contributed by atoms with Crippen LogP contribution in [0.3, 0.4) is 0 Å². The normalized spacial score (nSPS) is 25.4. The van der Waals surface area contributed by atoms with Crippen LogP contribution in [-0.4, -0.2) is 19.1 Å². The lowest BCUT2D eigenvalue weighted by atomic mass is 9.35. The summed E-state index contributed by atoms with van der Waals surface area (Å²) in [5, 5.41) is 6.31. The van der Waals surface area contributed by atoms with E-state index in [0.29, 0.717) is 0 Å². The SMILES string of the molecule is Cc1cc2cnc(-c3cc(C45CC(n6c(C)c(C)c7cc8c(C)c(C)oc8cc76)(C4)C5)cc(C45CC(n6c(C)c(C)c7cc8c(C)c(C)oc8cc76)(C4)C5)c3)nc2cc1C. The summed E-state index contributed by atoms with van der Waals surface area (Å²) in [6.45, 7) is 22.2. The van der Waals surface area contributed by atoms with Crippen LogP contribution in [0, 0.1) is 69.2 Å². The summed E-state index contributed by atoms with van der Waals surface area (Å²) < 4.78 is 18.0. The Kier molecular flexibility index (Phi) is 6.34. The van der Waals surface area contributed by atoms with Gasteiger partial charge in [0, 0.05) is 84.1 Å². The summed E-state index contributed by atoms with van der Waals surface area (Å²) in [6, 6.07) is 21.4. The Hall–Kier alpha value is -5.62. The highest BCUT2D eigenvalue weighted by Crippen LogP contribution is 2.75. The van der Waals surface area contributed by atoms with Gasteiger partial charge in [-0.3, -0.25) is 0 Å². The molecule has 0 amide bonds. The van der Waals surface area contributed by atoms with Crippen molar-refractivity contribution in [3.05, 3.63) is 128 Å². The molecular weight excluding hydrogens is 737 g/mol. The van der Waals surface area contributed by atoms with E-state index in [1.807, 2.05) is 6.20 Å². The van der Waals surface area contributed by atoms with Gasteiger partial charge in [-0.2, -0.15) is 0 Å². The van der Waals surface area contributed by atoms with E-state index in [1.54, 1.807) is 0 Å². The van der Waals surface area contributed by atoms with Gasteiger partial charge in [0.15, 0.2) is 5.82 Å². The molecule has 4 aromatic carbocycles. The number of aromatic nitrogens is 4. The maximum Gasteiger partial charge on any atom is 0.159 e. The van der Waals surface area contributed by atoms with E-state index < -0.39 is 0 Å². The summed E-state index contributed by atoms with van der Waals surface area (Å²) in [5.74, 6) is 2.87. The van der Waals surface area contributed by atoms with Gasteiger partial charge in [-0.15, -0.1) is 0 Å². The van der Waals surface area contributed by atoms with Gasteiger partial charge in [0.05, 0.1) is 16.6 Å². The lowest BCUT2D eigenvalue weighted by Crippen LogP contribution is -2.71. The summed E-state index contributed by atoms with van der Waals surface area (Å²) in [6.07, 6.45) is 8.97. The van der Waals surface area contributed by atoms with E-state index in [2.05, 4.69) is 133 Å². The van der Waals surface area contributed by atoms with Gasteiger partial charge in [0.2, 0.25) is 0 Å². The molecule has 4 bridgehead atoms. The maximum absolute atomic E-state index is 6.29. The molecule has 60 heavy (non-hydrogen) atoms. The Morgan fingerprint density at radius 1 is 0.500 bits per heavy atom. The Labute approximate surface area is 350 Å². The van der Waals surface area contributed by atoms with Crippen LogP contribution in [0.1, 0.15) is 106 Å². The molecule has 300 valence electrons. The molecule has 6 saturated carbocycles. The van der Waals surface area contributed by atoms with Gasteiger partial charge in [-0.05, 0) is 189 Å².